The Kier molecular flexibility index (Phi) is 4.56. The Bertz CT molecular complexity index is 575. The number of aryl methyl sites for hydroxylation is 1. The van der Waals surface area contributed by atoms with Crippen LogP contribution >= 0.6 is 0 Å². The van der Waals surface area contributed by atoms with Gasteiger partial charge in [0.1, 0.15) is 11.9 Å². The minimum Gasteiger partial charge on any atom is -0.467 e. The fraction of sp³-hybridized carbons (Fsp3) is 0.600. The molecule has 0 amide bonds. The van der Waals surface area contributed by atoms with Crippen LogP contribution in [0.1, 0.15) is 36.5 Å². The van der Waals surface area contributed by atoms with Gasteiger partial charge in [0.15, 0.2) is 5.82 Å². The van der Waals surface area contributed by atoms with Crippen LogP contribution in [-0.4, -0.2) is 57.8 Å². The van der Waals surface area contributed by atoms with Crippen molar-refractivity contribution >= 4 is 0 Å². The molecule has 0 spiro atoms. The van der Waals surface area contributed by atoms with Gasteiger partial charge in [-0.1, -0.05) is 5.16 Å². The van der Waals surface area contributed by atoms with Crippen molar-refractivity contribution in [3.63, 3.8) is 0 Å². The quantitative estimate of drug-likeness (QED) is 0.894. The third-order valence-electron chi connectivity index (χ3n) is 4.16. The lowest BCUT2D eigenvalue weighted by Gasteiger charge is -2.37. The van der Waals surface area contributed by atoms with E-state index in [1.807, 2.05) is 6.92 Å². The summed E-state index contributed by atoms with van der Waals surface area (Å²) >= 11 is 0. The van der Waals surface area contributed by atoms with Gasteiger partial charge < -0.3 is 14.0 Å². The largest absolute Gasteiger partial charge is 0.467 e. The zero-order valence-electron chi connectivity index (χ0n) is 13.0. The lowest BCUT2D eigenvalue weighted by atomic mass is 10.2. The second-order valence-electron chi connectivity index (χ2n) is 5.72. The number of aliphatic hydroxyl groups excluding tert-OH is 1. The molecule has 2 aromatic heterocycles. The van der Waals surface area contributed by atoms with Crippen molar-refractivity contribution in [1.82, 2.24) is 19.9 Å². The third-order valence-corrected chi connectivity index (χ3v) is 4.16. The highest BCUT2D eigenvalue weighted by atomic mass is 16.5. The van der Waals surface area contributed by atoms with Gasteiger partial charge in [0.05, 0.1) is 12.3 Å². The van der Waals surface area contributed by atoms with Crippen molar-refractivity contribution in [3.8, 4) is 0 Å². The molecule has 7 nitrogen and oxygen atoms in total. The molecule has 3 heterocycles. The Morgan fingerprint density at radius 1 is 1.32 bits per heavy atom. The van der Waals surface area contributed by atoms with Crippen LogP contribution in [0.4, 0.5) is 0 Å². The van der Waals surface area contributed by atoms with Gasteiger partial charge >= 0.3 is 0 Å². The summed E-state index contributed by atoms with van der Waals surface area (Å²) in [5.41, 5.74) is 0. The van der Waals surface area contributed by atoms with Crippen molar-refractivity contribution in [2.45, 2.75) is 26.0 Å². The van der Waals surface area contributed by atoms with E-state index in [1.54, 1.807) is 18.4 Å². The molecule has 2 atom stereocenters. The van der Waals surface area contributed by atoms with E-state index in [1.165, 1.54) is 0 Å². The van der Waals surface area contributed by atoms with Crippen LogP contribution in [0.5, 0.6) is 0 Å². The molecule has 1 N–H and O–H groups in total. The van der Waals surface area contributed by atoms with Gasteiger partial charge in [-0.25, -0.2) is 0 Å². The van der Waals surface area contributed by atoms with E-state index in [-0.39, 0.29) is 6.04 Å². The first-order valence-electron chi connectivity index (χ1n) is 7.61. The van der Waals surface area contributed by atoms with E-state index in [0.717, 1.165) is 26.2 Å². The van der Waals surface area contributed by atoms with Crippen molar-refractivity contribution < 1.29 is 14.0 Å². The molecule has 0 aromatic carbocycles. The van der Waals surface area contributed by atoms with Crippen LogP contribution in [0.25, 0.3) is 0 Å². The van der Waals surface area contributed by atoms with E-state index in [0.29, 0.717) is 24.0 Å². The summed E-state index contributed by atoms with van der Waals surface area (Å²) in [7, 11) is 0. The summed E-state index contributed by atoms with van der Waals surface area (Å²) in [5, 5.41) is 14.0. The maximum atomic E-state index is 10.1. The monoisotopic (exact) mass is 306 g/mol. The fourth-order valence-corrected chi connectivity index (χ4v) is 2.79. The van der Waals surface area contributed by atoms with Gasteiger partial charge in [0, 0.05) is 32.7 Å². The van der Waals surface area contributed by atoms with Crippen molar-refractivity contribution in [2.24, 2.45) is 0 Å². The summed E-state index contributed by atoms with van der Waals surface area (Å²) < 4.78 is 10.5. The minimum atomic E-state index is -0.572. The lowest BCUT2D eigenvalue weighted by molar-refractivity contribution is 0.0452. The summed E-state index contributed by atoms with van der Waals surface area (Å²) in [5.74, 6) is 1.96. The topological polar surface area (TPSA) is 78.8 Å². The van der Waals surface area contributed by atoms with Gasteiger partial charge in [0.2, 0.25) is 5.89 Å². The molecule has 1 saturated heterocycles. The van der Waals surface area contributed by atoms with Crippen molar-refractivity contribution in [2.75, 3.05) is 32.7 Å². The Hall–Kier alpha value is -1.70. The molecule has 0 aliphatic carbocycles. The van der Waals surface area contributed by atoms with Crippen LogP contribution in [-0.2, 0) is 0 Å². The molecule has 120 valence electrons. The Balaban J connectivity index is 1.50. The van der Waals surface area contributed by atoms with Gasteiger partial charge in [-0.2, -0.15) is 4.98 Å². The fourth-order valence-electron chi connectivity index (χ4n) is 2.79. The molecule has 1 fully saturated rings. The number of piperazine rings is 1. The summed E-state index contributed by atoms with van der Waals surface area (Å²) in [6, 6.07) is 3.73. The molecule has 22 heavy (non-hydrogen) atoms. The molecule has 0 bridgehead atoms. The zero-order chi connectivity index (χ0) is 15.5. The molecule has 3 rings (SSSR count). The van der Waals surface area contributed by atoms with E-state index >= 15 is 0 Å². The normalized spacial score (nSPS) is 20.1. The number of hydrogen-bond acceptors (Lipinski definition) is 7. The number of aromatic nitrogens is 2. The molecule has 1 aliphatic heterocycles. The summed E-state index contributed by atoms with van der Waals surface area (Å²) in [6.45, 7) is 8.12. The lowest BCUT2D eigenvalue weighted by Crippen LogP contribution is -2.48. The predicted molar refractivity (Wildman–Crippen MR) is 79.1 cm³/mol. The Morgan fingerprint density at radius 3 is 2.68 bits per heavy atom. The van der Waals surface area contributed by atoms with E-state index in [9.17, 15) is 5.11 Å². The average molecular weight is 306 g/mol. The molecular formula is C15H22N4O3. The highest BCUT2D eigenvalue weighted by molar-refractivity contribution is 5.02. The van der Waals surface area contributed by atoms with Crippen molar-refractivity contribution in [1.29, 1.82) is 0 Å². The molecule has 0 radical (unpaired) electrons. The molecule has 2 aromatic rings. The first-order valence-corrected chi connectivity index (χ1v) is 7.61. The molecular weight excluding hydrogens is 284 g/mol. The second-order valence-corrected chi connectivity index (χ2v) is 5.72. The van der Waals surface area contributed by atoms with Gasteiger partial charge in [-0.3, -0.25) is 9.80 Å². The zero-order valence-corrected chi connectivity index (χ0v) is 13.0. The maximum Gasteiger partial charge on any atom is 0.243 e. The van der Waals surface area contributed by atoms with Gasteiger partial charge in [-0.15, -0.1) is 0 Å². The Labute approximate surface area is 129 Å². The summed E-state index contributed by atoms with van der Waals surface area (Å²) in [4.78, 5) is 8.87. The number of rotatable bonds is 5. The van der Waals surface area contributed by atoms with E-state index in [4.69, 9.17) is 8.94 Å². The summed E-state index contributed by atoms with van der Waals surface area (Å²) in [6.07, 6.45) is 1.02. The van der Waals surface area contributed by atoms with E-state index < -0.39 is 6.10 Å². The first-order chi connectivity index (χ1) is 10.6. The standard InChI is InChI=1S/C15H22N4O3/c1-11(15-16-12(2)17-22-15)19-7-5-18(6-8-19)10-13(20)14-4-3-9-21-14/h3-4,9,11,13,20H,5-8,10H2,1-2H3/t11-,13-/m0/s1. The maximum absolute atomic E-state index is 10.1. The van der Waals surface area contributed by atoms with Crippen LogP contribution in [0, 0.1) is 6.92 Å². The first kappa shape index (κ1) is 15.2. The van der Waals surface area contributed by atoms with Crippen LogP contribution in [0.3, 0.4) is 0 Å². The van der Waals surface area contributed by atoms with Crippen LogP contribution < -0.4 is 0 Å². The number of hydrogen-bond donors (Lipinski definition) is 1. The molecule has 7 heteroatoms. The third kappa shape index (κ3) is 3.37. The molecule has 0 unspecified atom stereocenters. The minimum absolute atomic E-state index is 0.123. The average Bonchev–Trinajstić information content (AvgIpc) is 3.18. The van der Waals surface area contributed by atoms with Crippen molar-refractivity contribution in [3.05, 3.63) is 35.9 Å². The highest BCUT2D eigenvalue weighted by Crippen LogP contribution is 2.21. The highest BCUT2D eigenvalue weighted by Gasteiger charge is 2.26. The number of β-amino-alcohol motifs (C(OH)–C–C–N with tert-alkyl or cyclic N) is 1. The van der Waals surface area contributed by atoms with E-state index in [2.05, 4.69) is 26.9 Å². The van der Waals surface area contributed by atoms with Crippen LogP contribution in [0.15, 0.2) is 27.3 Å². The number of furan rings is 1. The van der Waals surface area contributed by atoms with Gasteiger partial charge in [0.25, 0.3) is 0 Å². The molecule has 0 saturated carbocycles. The number of nitrogens with zero attached hydrogens (tertiary/aromatic N) is 4. The SMILES string of the molecule is Cc1noc([C@H](C)N2CCN(C[C@H](O)c3ccco3)CC2)n1. The Morgan fingerprint density at radius 2 is 2.09 bits per heavy atom. The number of aliphatic hydroxyl groups is 1. The van der Waals surface area contributed by atoms with Gasteiger partial charge in [-0.05, 0) is 26.0 Å². The predicted octanol–water partition coefficient (Wildman–Crippen LogP) is 1.38. The smallest absolute Gasteiger partial charge is 0.243 e. The molecule has 1 aliphatic rings. The van der Waals surface area contributed by atoms with Crippen LogP contribution in [0.2, 0.25) is 0 Å². The second kappa shape index (κ2) is 6.60.